The van der Waals surface area contributed by atoms with Crippen LogP contribution >= 0.6 is 0 Å². The fourth-order valence-corrected chi connectivity index (χ4v) is 3.94. The number of aromatic amines is 1. The van der Waals surface area contributed by atoms with Crippen LogP contribution in [-0.2, 0) is 16.6 Å². The van der Waals surface area contributed by atoms with Gasteiger partial charge in [0.15, 0.2) is 0 Å². The van der Waals surface area contributed by atoms with Gasteiger partial charge in [-0.1, -0.05) is 13.8 Å². The number of sulfonamides is 1. The zero-order chi connectivity index (χ0) is 16.0. The maximum Gasteiger partial charge on any atom is 0.244 e. The SMILES string of the molecule is CCN(CC)CC(C)NS(=O)(=O)c1c(CNC)n[nH]c1C. The maximum atomic E-state index is 12.6. The van der Waals surface area contributed by atoms with Crippen molar-refractivity contribution in [2.75, 3.05) is 26.7 Å². The molecule has 122 valence electrons. The Balaban J connectivity index is 2.89. The van der Waals surface area contributed by atoms with Gasteiger partial charge in [-0.2, -0.15) is 5.10 Å². The number of aromatic nitrogens is 2. The molecular formula is C13H27N5O2S. The molecule has 0 aliphatic carbocycles. The summed E-state index contributed by atoms with van der Waals surface area (Å²) in [5, 5.41) is 9.73. The third kappa shape index (κ3) is 4.77. The molecule has 0 bridgehead atoms. The van der Waals surface area contributed by atoms with Gasteiger partial charge in [-0.25, -0.2) is 13.1 Å². The molecule has 0 amide bonds. The lowest BCUT2D eigenvalue weighted by molar-refractivity contribution is 0.282. The van der Waals surface area contributed by atoms with Gasteiger partial charge in [0.1, 0.15) is 4.90 Å². The van der Waals surface area contributed by atoms with Crippen LogP contribution in [0.3, 0.4) is 0 Å². The predicted octanol–water partition coefficient (Wildman–Crippen LogP) is 0.446. The summed E-state index contributed by atoms with van der Waals surface area (Å²) in [5.41, 5.74) is 1.07. The van der Waals surface area contributed by atoms with Crippen molar-refractivity contribution < 1.29 is 8.42 Å². The standard InChI is InChI=1S/C13H27N5O2S/c1-6-18(7-2)9-10(3)17-21(19,20)13-11(4)15-16-12(13)8-14-5/h10,14,17H,6-9H2,1-5H3,(H,15,16). The Kier molecular flexibility index (Phi) is 6.79. The summed E-state index contributed by atoms with van der Waals surface area (Å²) in [5.74, 6) is 0. The maximum absolute atomic E-state index is 12.6. The van der Waals surface area contributed by atoms with E-state index in [-0.39, 0.29) is 10.9 Å². The first-order valence-corrected chi connectivity index (χ1v) is 8.77. The molecule has 0 saturated heterocycles. The van der Waals surface area contributed by atoms with Crippen molar-refractivity contribution in [2.45, 2.75) is 45.2 Å². The van der Waals surface area contributed by atoms with Gasteiger partial charge in [-0.15, -0.1) is 0 Å². The van der Waals surface area contributed by atoms with Crippen LogP contribution in [0, 0.1) is 6.92 Å². The van der Waals surface area contributed by atoms with E-state index < -0.39 is 10.0 Å². The van der Waals surface area contributed by atoms with Gasteiger partial charge in [0.2, 0.25) is 10.0 Å². The van der Waals surface area contributed by atoms with Gasteiger partial charge >= 0.3 is 0 Å². The van der Waals surface area contributed by atoms with Crippen molar-refractivity contribution in [2.24, 2.45) is 0 Å². The van der Waals surface area contributed by atoms with Crippen LogP contribution in [0.15, 0.2) is 4.90 Å². The second-order valence-electron chi connectivity index (χ2n) is 5.16. The molecule has 0 aliphatic rings. The molecule has 0 aromatic carbocycles. The highest BCUT2D eigenvalue weighted by Crippen LogP contribution is 2.17. The van der Waals surface area contributed by atoms with Crippen LogP contribution in [0.5, 0.6) is 0 Å². The largest absolute Gasteiger partial charge is 0.314 e. The minimum absolute atomic E-state index is 0.161. The van der Waals surface area contributed by atoms with E-state index in [2.05, 4.69) is 39.0 Å². The first-order chi connectivity index (χ1) is 9.85. The highest BCUT2D eigenvalue weighted by atomic mass is 32.2. The number of nitrogens with one attached hydrogen (secondary N) is 3. The molecule has 1 unspecified atom stereocenters. The molecule has 0 radical (unpaired) electrons. The second kappa shape index (κ2) is 7.88. The summed E-state index contributed by atoms with van der Waals surface area (Å²) >= 11 is 0. The van der Waals surface area contributed by atoms with Crippen LogP contribution in [-0.4, -0.2) is 56.2 Å². The Labute approximate surface area is 127 Å². The number of H-pyrrole nitrogens is 1. The van der Waals surface area contributed by atoms with Gasteiger partial charge in [-0.05, 0) is 34.0 Å². The lowest BCUT2D eigenvalue weighted by Crippen LogP contribution is -2.42. The molecular weight excluding hydrogens is 290 g/mol. The van der Waals surface area contributed by atoms with Gasteiger partial charge < -0.3 is 10.2 Å². The predicted molar refractivity (Wildman–Crippen MR) is 83.7 cm³/mol. The van der Waals surface area contributed by atoms with E-state index in [1.54, 1.807) is 14.0 Å². The van der Waals surface area contributed by atoms with Crippen LogP contribution in [0.1, 0.15) is 32.2 Å². The van der Waals surface area contributed by atoms with Gasteiger partial charge in [-0.3, -0.25) is 5.10 Å². The third-order valence-corrected chi connectivity index (χ3v) is 5.15. The topological polar surface area (TPSA) is 90.1 Å². The molecule has 1 aromatic heterocycles. The summed E-state index contributed by atoms with van der Waals surface area (Å²) in [4.78, 5) is 2.44. The Morgan fingerprint density at radius 1 is 1.33 bits per heavy atom. The van der Waals surface area contributed by atoms with Gasteiger partial charge in [0.05, 0.1) is 11.4 Å². The third-order valence-electron chi connectivity index (χ3n) is 3.36. The van der Waals surface area contributed by atoms with E-state index in [1.807, 2.05) is 6.92 Å². The first-order valence-electron chi connectivity index (χ1n) is 7.28. The average Bonchev–Trinajstić information content (AvgIpc) is 2.77. The van der Waals surface area contributed by atoms with Crippen molar-refractivity contribution >= 4 is 10.0 Å². The summed E-state index contributed by atoms with van der Waals surface area (Å²) in [7, 11) is -1.81. The fraction of sp³-hybridized carbons (Fsp3) is 0.769. The smallest absolute Gasteiger partial charge is 0.244 e. The van der Waals surface area contributed by atoms with Gasteiger partial charge in [0, 0.05) is 19.1 Å². The van der Waals surface area contributed by atoms with Crippen molar-refractivity contribution in [3.8, 4) is 0 Å². The zero-order valence-electron chi connectivity index (χ0n) is 13.5. The number of rotatable bonds is 9. The molecule has 1 aromatic rings. The Hall–Kier alpha value is -0.960. The number of hydrogen-bond acceptors (Lipinski definition) is 5. The van der Waals surface area contributed by atoms with E-state index in [1.165, 1.54) is 0 Å². The van der Waals surface area contributed by atoms with E-state index in [9.17, 15) is 8.42 Å². The van der Waals surface area contributed by atoms with E-state index in [0.29, 0.717) is 24.5 Å². The Morgan fingerprint density at radius 3 is 2.48 bits per heavy atom. The highest BCUT2D eigenvalue weighted by molar-refractivity contribution is 7.89. The van der Waals surface area contributed by atoms with Crippen LogP contribution in [0.25, 0.3) is 0 Å². The fourth-order valence-electron chi connectivity index (χ4n) is 2.34. The summed E-state index contributed by atoms with van der Waals surface area (Å²) in [6, 6.07) is -0.161. The van der Waals surface area contributed by atoms with Crippen molar-refractivity contribution in [1.29, 1.82) is 0 Å². The van der Waals surface area contributed by atoms with E-state index >= 15 is 0 Å². The lowest BCUT2D eigenvalue weighted by Gasteiger charge is -2.23. The molecule has 21 heavy (non-hydrogen) atoms. The quantitative estimate of drug-likeness (QED) is 0.615. The first kappa shape index (κ1) is 18.1. The van der Waals surface area contributed by atoms with E-state index in [0.717, 1.165) is 13.1 Å². The van der Waals surface area contributed by atoms with Gasteiger partial charge in [0.25, 0.3) is 0 Å². The molecule has 1 atom stereocenters. The molecule has 0 aliphatic heterocycles. The van der Waals surface area contributed by atoms with Crippen molar-refractivity contribution in [3.63, 3.8) is 0 Å². The molecule has 7 nitrogen and oxygen atoms in total. The Bertz CT molecular complexity index is 537. The molecule has 1 heterocycles. The van der Waals surface area contributed by atoms with Crippen LogP contribution < -0.4 is 10.0 Å². The zero-order valence-corrected chi connectivity index (χ0v) is 14.3. The monoisotopic (exact) mass is 317 g/mol. The van der Waals surface area contributed by atoms with Crippen molar-refractivity contribution in [1.82, 2.24) is 25.1 Å². The Morgan fingerprint density at radius 2 is 1.95 bits per heavy atom. The second-order valence-corrected chi connectivity index (χ2v) is 6.81. The summed E-state index contributed by atoms with van der Waals surface area (Å²) in [6.45, 7) is 10.6. The molecule has 0 spiro atoms. The highest BCUT2D eigenvalue weighted by Gasteiger charge is 2.25. The number of likely N-dealkylation sites (N-methyl/N-ethyl adjacent to an activating group) is 1. The minimum Gasteiger partial charge on any atom is -0.314 e. The normalized spacial score (nSPS) is 13.8. The molecule has 0 fully saturated rings. The number of hydrogen-bond donors (Lipinski definition) is 3. The average molecular weight is 317 g/mol. The summed E-state index contributed by atoms with van der Waals surface area (Å²) in [6.07, 6.45) is 0. The lowest BCUT2D eigenvalue weighted by atomic mass is 10.3. The number of nitrogens with zero attached hydrogens (tertiary/aromatic N) is 2. The number of aryl methyl sites for hydroxylation is 1. The molecule has 0 saturated carbocycles. The molecule has 8 heteroatoms. The molecule has 3 N–H and O–H groups in total. The minimum atomic E-state index is -3.57. The van der Waals surface area contributed by atoms with Crippen LogP contribution in [0.2, 0.25) is 0 Å². The summed E-state index contributed by atoms with van der Waals surface area (Å²) < 4.78 is 27.9. The van der Waals surface area contributed by atoms with E-state index in [4.69, 9.17) is 0 Å². The van der Waals surface area contributed by atoms with Crippen LogP contribution in [0.4, 0.5) is 0 Å². The van der Waals surface area contributed by atoms with Crippen molar-refractivity contribution in [3.05, 3.63) is 11.4 Å². The molecule has 1 rings (SSSR count).